The average Bonchev–Trinajstić information content (AvgIpc) is 3.31. The van der Waals surface area contributed by atoms with Crippen molar-refractivity contribution in [3.63, 3.8) is 0 Å². The minimum absolute atomic E-state index is 0.00176. The van der Waals surface area contributed by atoms with Crippen LogP contribution in [-0.2, 0) is 19.0 Å². The number of hydrogen-bond donors (Lipinski definition) is 0. The van der Waals surface area contributed by atoms with Crippen LogP contribution in [-0.4, -0.2) is 35.5 Å². The molecular weight excluding hydrogens is 268 g/mol. The molecule has 5 unspecified atom stereocenters. The molecule has 0 radical (unpaired) electrons. The first kappa shape index (κ1) is 14.0. The lowest BCUT2D eigenvalue weighted by atomic mass is 9.73. The van der Waals surface area contributed by atoms with E-state index >= 15 is 0 Å². The smallest absolute Gasteiger partial charge is 0.309 e. The Morgan fingerprint density at radius 3 is 2.71 bits per heavy atom. The summed E-state index contributed by atoms with van der Waals surface area (Å²) in [6.07, 6.45) is 6.63. The van der Waals surface area contributed by atoms with Crippen molar-refractivity contribution in [3.05, 3.63) is 0 Å². The largest absolute Gasteiger partial charge is 0.458 e. The maximum atomic E-state index is 12.6. The van der Waals surface area contributed by atoms with Gasteiger partial charge >= 0.3 is 5.97 Å². The molecule has 0 N–H and O–H groups in total. The molecule has 118 valence electrons. The van der Waals surface area contributed by atoms with E-state index in [1.807, 2.05) is 0 Å². The van der Waals surface area contributed by atoms with Gasteiger partial charge in [-0.2, -0.15) is 0 Å². The fourth-order valence-corrected chi connectivity index (χ4v) is 4.28. The maximum Gasteiger partial charge on any atom is 0.309 e. The SMILES string of the molecule is CC(C)[C@]1(OC(=O)C2CCC3OC3C2)CCC2(C)OC2C1. The standard InChI is InChI=1S/C17H26O4/c1-10(2)17(7-6-16(3)14(9-17)20-16)21-15(18)11-4-5-12-13(8-11)19-12/h10-14H,4-9H2,1-3H3/t11?,12?,13?,14?,16?,17-/m0/s1. The number of carbonyl (C=O) groups excluding carboxylic acids is 1. The zero-order valence-electron chi connectivity index (χ0n) is 13.3. The van der Waals surface area contributed by atoms with Gasteiger partial charge in [0.2, 0.25) is 0 Å². The molecule has 0 aromatic carbocycles. The first-order valence-electron chi connectivity index (χ1n) is 8.48. The van der Waals surface area contributed by atoms with Crippen molar-refractivity contribution < 1.29 is 19.0 Å². The van der Waals surface area contributed by atoms with E-state index in [1.54, 1.807) is 0 Å². The fourth-order valence-electron chi connectivity index (χ4n) is 4.28. The highest BCUT2D eigenvalue weighted by atomic mass is 16.6. The molecular formula is C17H26O4. The van der Waals surface area contributed by atoms with Crippen LogP contribution in [0.2, 0.25) is 0 Å². The Bertz CT molecular complexity index is 462. The van der Waals surface area contributed by atoms with Gasteiger partial charge in [-0.3, -0.25) is 4.79 Å². The first-order chi connectivity index (χ1) is 9.92. The Labute approximate surface area is 126 Å². The van der Waals surface area contributed by atoms with E-state index in [0.29, 0.717) is 18.1 Å². The molecule has 0 bridgehead atoms. The summed E-state index contributed by atoms with van der Waals surface area (Å²) in [4.78, 5) is 12.6. The molecule has 2 heterocycles. The summed E-state index contributed by atoms with van der Waals surface area (Å²) in [6, 6.07) is 0. The summed E-state index contributed by atoms with van der Waals surface area (Å²) in [5, 5.41) is 0. The lowest BCUT2D eigenvalue weighted by molar-refractivity contribution is -0.175. The summed E-state index contributed by atoms with van der Waals surface area (Å²) in [5.41, 5.74) is -0.260. The molecule has 4 fully saturated rings. The van der Waals surface area contributed by atoms with Crippen LogP contribution in [0.4, 0.5) is 0 Å². The van der Waals surface area contributed by atoms with Crippen molar-refractivity contribution in [3.8, 4) is 0 Å². The van der Waals surface area contributed by atoms with E-state index in [1.165, 1.54) is 0 Å². The van der Waals surface area contributed by atoms with Gasteiger partial charge in [-0.15, -0.1) is 0 Å². The zero-order chi connectivity index (χ0) is 14.8. The zero-order valence-corrected chi connectivity index (χ0v) is 13.3. The minimum atomic E-state index is -0.320. The molecule has 2 saturated heterocycles. The number of rotatable bonds is 3. The molecule has 4 rings (SSSR count). The van der Waals surface area contributed by atoms with Crippen molar-refractivity contribution in [2.75, 3.05) is 0 Å². The molecule has 2 aliphatic heterocycles. The number of hydrogen-bond acceptors (Lipinski definition) is 4. The second-order valence-corrected chi connectivity index (χ2v) is 7.99. The Kier molecular flexibility index (Phi) is 2.97. The molecule has 0 aromatic rings. The minimum Gasteiger partial charge on any atom is -0.458 e. The highest BCUT2D eigenvalue weighted by molar-refractivity contribution is 5.73. The second kappa shape index (κ2) is 4.45. The van der Waals surface area contributed by atoms with Crippen LogP contribution in [0.25, 0.3) is 0 Å². The van der Waals surface area contributed by atoms with Crippen molar-refractivity contribution >= 4 is 5.97 Å². The van der Waals surface area contributed by atoms with Gasteiger partial charge in [-0.25, -0.2) is 0 Å². The van der Waals surface area contributed by atoms with Crippen molar-refractivity contribution in [2.45, 2.75) is 88.8 Å². The normalized spacial score (nSPS) is 51.0. The Morgan fingerprint density at radius 2 is 2.05 bits per heavy atom. The van der Waals surface area contributed by atoms with E-state index < -0.39 is 0 Å². The van der Waals surface area contributed by atoms with Crippen LogP contribution in [0.1, 0.15) is 59.3 Å². The van der Waals surface area contributed by atoms with Crippen molar-refractivity contribution in [1.82, 2.24) is 0 Å². The van der Waals surface area contributed by atoms with Gasteiger partial charge in [-0.05, 0) is 44.9 Å². The molecule has 4 aliphatic rings. The molecule has 0 spiro atoms. The quantitative estimate of drug-likeness (QED) is 0.593. The van der Waals surface area contributed by atoms with Crippen LogP contribution in [0.15, 0.2) is 0 Å². The summed E-state index contributed by atoms with van der Waals surface area (Å²) in [6.45, 7) is 6.51. The van der Waals surface area contributed by atoms with Crippen LogP contribution in [0, 0.1) is 11.8 Å². The van der Waals surface area contributed by atoms with Gasteiger partial charge in [0.1, 0.15) is 5.60 Å². The van der Waals surface area contributed by atoms with Crippen LogP contribution >= 0.6 is 0 Å². The average molecular weight is 294 g/mol. The topological polar surface area (TPSA) is 51.4 Å². The number of fused-ring (bicyclic) bond motifs is 2. The van der Waals surface area contributed by atoms with Gasteiger partial charge in [-0.1, -0.05) is 13.8 Å². The van der Waals surface area contributed by atoms with Gasteiger partial charge in [0, 0.05) is 6.42 Å². The summed E-state index contributed by atoms with van der Waals surface area (Å²) in [5.74, 6) is 0.378. The lowest BCUT2D eigenvalue weighted by Crippen LogP contribution is -2.47. The lowest BCUT2D eigenvalue weighted by Gasteiger charge is -2.41. The van der Waals surface area contributed by atoms with Gasteiger partial charge in [0.15, 0.2) is 0 Å². The summed E-state index contributed by atoms with van der Waals surface area (Å²) >= 11 is 0. The first-order valence-corrected chi connectivity index (χ1v) is 8.48. The second-order valence-electron chi connectivity index (χ2n) is 7.99. The predicted octanol–water partition coefficient (Wildman–Crippen LogP) is 2.83. The van der Waals surface area contributed by atoms with Gasteiger partial charge in [0.05, 0.1) is 29.8 Å². The van der Waals surface area contributed by atoms with Crippen molar-refractivity contribution in [2.24, 2.45) is 11.8 Å². The molecule has 2 saturated carbocycles. The number of epoxide rings is 2. The third-order valence-electron chi connectivity index (χ3n) is 6.30. The summed E-state index contributed by atoms with van der Waals surface area (Å²) < 4.78 is 17.5. The molecule has 4 nitrogen and oxygen atoms in total. The predicted molar refractivity (Wildman–Crippen MR) is 76.8 cm³/mol. The number of esters is 1. The Morgan fingerprint density at radius 1 is 1.24 bits per heavy atom. The molecule has 2 aliphatic carbocycles. The molecule has 4 heteroatoms. The third kappa shape index (κ3) is 2.31. The highest BCUT2D eigenvalue weighted by Gasteiger charge is 2.61. The third-order valence-corrected chi connectivity index (χ3v) is 6.30. The highest BCUT2D eigenvalue weighted by Crippen LogP contribution is 2.54. The molecule has 0 aromatic heterocycles. The fraction of sp³-hybridized carbons (Fsp3) is 0.941. The Hall–Kier alpha value is -0.610. The van der Waals surface area contributed by atoms with Crippen molar-refractivity contribution in [1.29, 1.82) is 0 Å². The van der Waals surface area contributed by atoms with Crippen LogP contribution in [0.3, 0.4) is 0 Å². The van der Waals surface area contributed by atoms with E-state index in [4.69, 9.17) is 14.2 Å². The van der Waals surface area contributed by atoms with Crippen LogP contribution < -0.4 is 0 Å². The van der Waals surface area contributed by atoms with Crippen LogP contribution in [0.5, 0.6) is 0 Å². The molecule has 6 atom stereocenters. The Balaban J connectivity index is 1.43. The van der Waals surface area contributed by atoms with E-state index in [0.717, 1.165) is 38.5 Å². The van der Waals surface area contributed by atoms with E-state index in [9.17, 15) is 4.79 Å². The van der Waals surface area contributed by atoms with E-state index in [-0.39, 0.29) is 29.2 Å². The van der Waals surface area contributed by atoms with Gasteiger partial charge < -0.3 is 14.2 Å². The monoisotopic (exact) mass is 294 g/mol. The summed E-state index contributed by atoms with van der Waals surface area (Å²) in [7, 11) is 0. The molecule has 21 heavy (non-hydrogen) atoms. The maximum absolute atomic E-state index is 12.6. The molecule has 0 amide bonds. The number of ether oxygens (including phenoxy) is 3. The van der Waals surface area contributed by atoms with Gasteiger partial charge in [0.25, 0.3) is 0 Å². The number of carbonyl (C=O) groups is 1. The van der Waals surface area contributed by atoms with E-state index in [2.05, 4.69) is 20.8 Å².